The molecular weight excluding hydrogens is 293 g/mol. The second-order valence-electron chi connectivity index (χ2n) is 3.48. The monoisotopic (exact) mass is 301 g/mol. The molecule has 0 aliphatic heterocycles. The van der Waals surface area contributed by atoms with Crippen molar-refractivity contribution in [1.82, 2.24) is 0 Å². The summed E-state index contributed by atoms with van der Waals surface area (Å²) in [5, 5.41) is 1.14. The van der Waals surface area contributed by atoms with Gasteiger partial charge in [-0.1, -0.05) is 23.2 Å². The quantitative estimate of drug-likeness (QED) is 0.860. The van der Waals surface area contributed by atoms with E-state index in [2.05, 4.69) is 0 Å². The van der Waals surface area contributed by atoms with E-state index in [1.165, 1.54) is 4.31 Å². The normalized spacial score (nSPS) is 12.2. The van der Waals surface area contributed by atoms with E-state index in [-0.39, 0.29) is 0 Å². The Labute approximate surface area is 117 Å². The lowest BCUT2D eigenvalue weighted by Gasteiger charge is -2.20. The third kappa shape index (κ3) is 3.03. The smallest absolute Gasteiger partial charge is 0.266 e. The lowest BCUT2D eigenvalue weighted by atomic mass is 10.2. The van der Waals surface area contributed by atoms with Crippen LogP contribution in [0.4, 0.5) is 11.4 Å². The molecule has 0 spiro atoms. The Morgan fingerprint density at radius 3 is 1.44 bits per heavy atom. The van der Waals surface area contributed by atoms with E-state index in [0.717, 1.165) is 0 Å². The van der Waals surface area contributed by atoms with Crippen molar-refractivity contribution in [2.75, 3.05) is 4.31 Å². The van der Waals surface area contributed by atoms with E-state index in [9.17, 15) is 8.76 Å². The van der Waals surface area contributed by atoms with Gasteiger partial charge in [-0.15, -0.1) is 0 Å². The number of anilines is 2. The molecule has 0 saturated carbocycles. The molecule has 0 fully saturated rings. The summed E-state index contributed by atoms with van der Waals surface area (Å²) in [5.74, 6) is 0. The molecule has 0 radical (unpaired) electrons. The van der Waals surface area contributed by atoms with E-state index in [1.54, 1.807) is 48.5 Å². The van der Waals surface area contributed by atoms with Gasteiger partial charge in [0.25, 0.3) is 11.3 Å². The first-order valence-corrected chi connectivity index (χ1v) is 6.82. The zero-order valence-corrected chi connectivity index (χ0v) is 11.4. The zero-order chi connectivity index (χ0) is 13.1. The van der Waals surface area contributed by atoms with Gasteiger partial charge in [-0.25, -0.2) is 8.51 Å². The third-order valence-corrected chi connectivity index (χ3v) is 3.52. The maximum atomic E-state index is 11.4. The Balaban J connectivity index is 2.43. The summed E-state index contributed by atoms with van der Waals surface area (Å²) in [5.41, 5.74) is 1.14. The Morgan fingerprint density at radius 2 is 1.17 bits per heavy atom. The zero-order valence-electron chi connectivity index (χ0n) is 9.09. The Kier molecular flexibility index (Phi) is 4.24. The molecule has 94 valence electrons. The molecule has 1 atom stereocenters. The molecule has 0 aliphatic carbocycles. The summed E-state index contributed by atoms with van der Waals surface area (Å²) in [6, 6.07) is 13.3. The SMILES string of the molecule is O=S(O)N(c1ccc(Cl)cc1)c1ccc(Cl)cc1. The minimum absolute atomic E-state index is 0.568. The van der Waals surface area contributed by atoms with E-state index in [0.29, 0.717) is 21.4 Å². The Hall–Kier alpha value is -1.07. The minimum Gasteiger partial charge on any atom is -0.289 e. The summed E-state index contributed by atoms with van der Waals surface area (Å²) in [7, 11) is 0. The van der Waals surface area contributed by atoms with Gasteiger partial charge >= 0.3 is 0 Å². The van der Waals surface area contributed by atoms with Crippen LogP contribution in [0.1, 0.15) is 0 Å². The fourth-order valence-corrected chi connectivity index (χ4v) is 2.34. The molecule has 0 aromatic heterocycles. The van der Waals surface area contributed by atoms with E-state index in [1.807, 2.05) is 0 Å². The predicted molar refractivity (Wildman–Crippen MR) is 75.8 cm³/mol. The molecule has 0 heterocycles. The molecule has 0 amide bonds. The van der Waals surface area contributed by atoms with Crippen LogP contribution in [0.15, 0.2) is 48.5 Å². The molecule has 2 aromatic carbocycles. The van der Waals surface area contributed by atoms with E-state index >= 15 is 0 Å². The summed E-state index contributed by atoms with van der Waals surface area (Å²) in [4.78, 5) is 0. The molecule has 1 N–H and O–H groups in total. The van der Waals surface area contributed by atoms with Crippen LogP contribution in [-0.4, -0.2) is 8.76 Å². The molecule has 6 heteroatoms. The Bertz CT molecular complexity index is 512. The molecule has 18 heavy (non-hydrogen) atoms. The highest BCUT2D eigenvalue weighted by atomic mass is 35.5. The predicted octanol–water partition coefficient (Wildman–Crippen LogP) is 4.27. The number of rotatable bonds is 3. The van der Waals surface area contributed by atoms with Gasteiger partial charge in [-0.3, -0.25) is 4.55 Å². The lowest BCUT2D eigenvalue weighted by molar-refractivity contribution is 0.564. The number of benzene rings is 2. The van der Waals surface area contributed by atoms with Crippen molar-refractivity contribution in [3.63, 3.8) is 0 Å². The van der Waals surface area contributed by atoms with Crippen LogP contribution in [-0.2, 0) is 11.3 Å². The molecule has 0 saturated heterocycles. The van der Waals surface area contributed by atoms with Gasteiger partial charge in [-0.05, 0) is 48.5 Å². The fourth-order valence-electron chi connectivity index (χ4n) is 1.48. The van der Waals surface area contributed by atoms with E-state index in [4.69, 9.17) is 23.2 Å². The van der Waals surface area contributed by atoms with Crippen molar-refractivity contribution >= 4 is 45.8 Å². The van der Waals surface area contributed by atoms with Crippen molar-refractivity contribution in [2.45, 2.75) is 0 Å². The Morgan fingerprint density at radius 1 is 0.833 bits per heavy atom. The van der Waals surface area contributed by atoms with E-state index < -0.39 is 11.3 Å². The van der Waals surface area contributed by atoms with Crippen LogP contribution >= 0.6 is 23.2 Å². The van der Waals surface area contributed by atoms with Crippen LogP contribution in [0.3, 0.4) is 0 Å². The van der Waals surface area contributed by atoms with Gasteiger partial charge < -0.3 is 0 Å². The van der Waals surface area contributed by atoms with Crippen molar-refractivity contribution in [1.29, 1.82) is 0 Å². The second-order valence-corrected chi connectivity index (χ2v) is 5.18. The minimum atomic E-state index is -2.17. The highest BCUT2D eigenvalue weighted by molar-refractivity contribution is 7.81. The van der Waals surface area contributed by atoms with Gasteiger partial charge in [0.15, 0.2) is 0 Å². The standard InChI is InChI=1S/C12H9Cl2NO2S/c13-9-1-5-11(6-2-9)15(18(16)17)12-7-3-10(14)4-8-12/h1-8H,(H,16,17). The number of nitrogens with zero attached hydrogens (tertiary/aromatic N) is 1. The second kappa shape index (κ2) is 5.71. The molecule has 0 aliphatic rings. The van der Waals surface area contributed by atoms with Crippen LogP contribution in [0.2, 0.25) is 10.0 Å². The summed E-state index contributed by atoms with van der Waals surface area (Å²) < 4.78 is 22.1. The van der Waals surface area contributed by atoms with Gasteiger partial charge in [-0.2, -0.15) is 0 Å². The highest BCUT2D eigenvalue weighted by Crippen LogP contribution is 2.28. The lowest BCUT2D eigenvalue weighted by Crippen LogP contribution is -2.18. The molecule has 2 aromatic rings. The molecular formula is C12H9Cl2NO2S. The molecule has 2 rings (SSSR count). The first kappa shape index (κ1) is 13.4. The van der Waals surface area contributed by atoms with Crippen LogP contribution in [0, 0.1) is 0 Å². The first-order valence-electron chi connectivity index (χ1n) is 5.00. The fraction of sp³-hybridized carbons (Fsp3) is 0. The topological polar surface area (TPSA) is 40.5 Å². The van der Waals surface area contributed by atoms with Crippen molar-refractivity contribution < 1.29 is 8.76 Å². The average molecular weight is 302 g/mol. The van der Waals surface area contributed by atoms with Gasteiger partial charge in [0.1, 0.15) is 0 Å². The summed E-state index contributed by atoms with van der Waals surface area (Å²) in [6.45, 7) is 0. The number of hydrogen-bond acceptors (Lipinski definition) is 1. The van der Waals surface area contributed by atoms with Gasteiger partial charge in [0.2, 0.25) is 0 Å². The molecule has 0 bridgehead atoms. The van der Waals surface area contributed by atoms with Gasteiger partial charge in [0.05, 0.1) is 11.4 Å². The first-order chi connectivity index (χ1) is 8.58. The average Bonchev–Trinajstić information content (AvgIpc) is 2.34. The summed E-state index contributed by atoms with van der Waals surface area (Å²) >= 11 is 9.41. The van der Waals surface area contributed by atoms with Crippen LogP contribution in [0.25, 0.3) is 0 Å². The molecule has 3 nitrogen and oxygen atoms in total. The summed E-state index contributed by atoms with van der Waals surface area (Å²) in [6.07, 6.45) is 0. The highest BCUT2D eigenvalue weighted by Gasteiger charge is 2.14. The number of halogens is 2. The number of hydrogen-bond donors (Lipinski definition) is 1. The van der Waals surface area contributed by atoms with Crippen molar-refractivity contribution in [3.8, 4) is 0 Å². The van der Waals surface area contributed by atoms with Crippen molar-refractivity contribution in [3.05, 3.63) is 58.6 Å². The maximum absolute atomic E-state index is 11.4. The van der Waals surface area contributed by atoms with Crippen molar-refractivity contribution in [2.24, 2.45) is 0 Å². The maximum Gasteiger partial charge on any atom is 0.266 e. The molecule has 1 unspecified atom stereocenters. The third-order valence-electron chi connectivity index (χ3n) is 2.28. The van der Waals surface area contributed by atoms with Crippen LogP contribution in [0.5, 0.6) is 0 Å². The van der Waals surface area contributed by atoms with Crippen LogP contribution < -0.4 is 4.31 Å². The van der Waals surface area contributed by atoms with Gasteiger partial charge in [0, 0.05) is 10.0 Å². The largest absolute Gasteiger partial charge is 0.289 e.